The highest BCUT2D eigenvalue weighted by Crippen LogP contribution is 2.21. The lowest BCUT2D eigenvalue weighted by Gasteiger charge is -2.16. The molecule has 0 fully saturated rings. The third-order valence-electron chi connectivity index (χ3n) is 6.26. The number of unbranched alkanes of at least 4 members (excludes halogenated alkanes) is 2. The standard InChI is InChI=1S/C29H33N5O2/c1-30-27(35)15-7-3-6-14-25(34-29(36)32-19-21-10-4-2-5-11-21)28-31-20-26(33-28)24-17-16-22-12-8-9-13-23(22)18-24/h2,4-5,8-13,16-18,20,25,33H,3,6-7,14-15,19H2,1H3,(H,30,35)(H2,32,34,36)/q+1/t25-/m0/s1. The summed E-state index contributed by atoms with van der Waals surface area (Å²) in [5.74, 6) is 0.773. The van der Waals surface area contributed by atoms with Gasteiger partial charge in [-0.05, 0) is 46.3 Å². The molecule has 185 valence electrons. The van der Waals surface area contributed by atoms with E-state index in [4.69, 9.17) is 0 Å². The number of benzene rings is 3. The number of aliphatic imine (C=N–C) groups is 1. The van der Waals surface area contributed by atoms with Crippen molar-refractivity contribution in [2.45, 2.75) is 44.7 Å². The van der Waals surface area contributed by atoms with E-state index in [0.29, 0.717) is 13.0 Å². The van der Waals surface area contributed by atoms with Crippen LogP contribution in [0.15, 0.2) is 79.0 Å². The van der Waals surface area contributed by atoms with Crippen LogP contribution in [0.5, 0.6) is 0 Å². The topological polar surface area (TPSA) is 96.4 Å². The monoisotopic (exact) mass is 483 g/mol. The molecule has 0 unspecified atom stereocenters. The zero-order valence-corrected chi connectivity index (χ0v) is 20.6. The Labute approximate surface area is 212 Å². The van der Waals surface area contributed by atoms with Crippen molar-refractivity contribution in [1.82, 2.24) is 26.3 Å². The summed E-state index contributed by atoms with van der Waals surface area (Å²) in [6, 6.07) is 23.9. The number of nitrogens with zero attached hydrogens (tertiary/aromatic N) is 1. The normalized spacial score (nSPS) is 13.4. The number of carbonyl (C=O) groups excluding carboxylic acids is 2. The van der Waals surface area contributed by atoms with Gasteiger partial charge in [-0.2, -0.15) is 0 Å². The molecule has 36 heavy (non-hydrogen) atoms. The van der Waals surface area contributed by atoms with Crippen molar-refractivity contribution in [1.29, 1.82) is 0 Å². The summed E-state index contributed by atoms with van der Waals surface area (Å²) in [5.41, 5.74) is 2.99. The van der Waals surface area contributed by atoms with Gasteiger partial charge in [0.25, 0.3) is 0 Å². The van der Waals surface area contributed by atoms with Gasteiger partial charge in [-0.25, -0.2) is 10.1 Å². The molecule has 0 saturated carbocycles. The minimum absolute atomic E-state index is 0.0519. The van der Waals surface area contributed by atoms with E-state index in [2.05, 4.69) is 56.6 Å². The molecule has 1 heterocycles. The fraction of sp³-hybridized carbons (Fsp3) is 0.276. The first-order chi connectivity index (χ1) is 17.6. The van der Waals surface area contributed by atoms with E-state index in [1.807, 2.05) is 48.7 Å². The average molecular weight is 484 g/mol. The van der Waals surface area contributed by atoms with E-state index >= 15 is 0 Å². The van der Waals surface area contributed by atoms with Crippen LogP contribution in [0, 0.1) is 0 Å². The molecule has 3 amide bonds. The Balaban J connectivity index is 1.37. The summed E-state index contributed by atoms with van der Waals surface area (Å²) in [6.07, 6.45) is 5.63. The lowest BCUT2D eigenvalue weighted by atomic mass is 10.0. The van der Waals surface area contributed by atoms with Crippen LogP contribution < -0.4 is 26.3 Å². The Kier molecular flexibility index (Phi) is 8.70. The number of amidine groups is 1. The van der Waals surface area contributed by atoms with Crippen molar-refractivity contribution in [3.63, 3.8) is 0 Å². The van der Waals surface area contributed by atoms with Gasteiger partial charge >= 0.3 is 11.9 Å². The zero-order chi connectivity index (χ0) is 25.2. The second-order valence-corrected chi connectivity index (χ2v) is 8.88. The summed E-state index contributed by atoms with van der Waals surface area (Å²) in [4.78, 5) is 28.8. The summed E-state index contributed by atoms with van der Waals surface area (Å²) >= 11 is 0. The van der Waals surface area contributed by atoms with Gasteiger partial charge < -0.3 is 16.0 Å². The zero-order valence-electron chi connectivity index (χ0n) is 20.6. The maximum atomic E-state index is 12.7. The van der Waals surface area contributed by atoms with Gasteiger partial charge in [0.2, 0.25) is 5.91 Å². The van der Waals surface area contributed by atoms with Crippen LogP contribution in [-0.2, 0) is 11.3 Å². The van der Waals surface area contributed by atoms with Gasteiger partial charge in [-0.15, -0.1) is 0 Å². The smallest absolute Gasteiger partial charge is 0.319 e. The summed E-state index contributed by atoms with van der Waals surface area (Å²) in [5, 5.41) is 14.5. The number of hydrogen-bond acceptors (Lipinski definition) is 4. The molecular formula is C29H33N5O2+. The van der Waals surface area contributed by atoms with Crippen LogP contribution in [0.3, 0.4) is 0 Å². The third-order valence-corrected chi connectivity index (χ3v) is 6.26. The summed E-state index contributed by atoms with van der Waals surface area (Å²) in [7, 11) is 1.65. The fourth-order valence-electron chi connectivity index (χ4n) is 4.22. The predicted octanol–water partition coefficient (Wildman–Crippen LogP) is 4.04. The van der Waals surface area contributed by atoms with Gasteiger partial charge in [0, 0.05) is 25.6 Å². The minimum atomic E-state index is -0.269. The second-order valence-electron chi connectivity index (χ2n) is 8.88. The Morgan fingerprint density at radius 3 is 2.50 bits per heavy atom. The quantitative estimate of drug-likeness (QED) is 0.310. The van der Waals surface area contributed by atoms with E-state index < -0.39 is 0 Å². The van der Waals surface area contributed by atoms with Crippen LogP contribution in [0.1, 0.15) is 43.2 Å². The second kappa shape index (κ2) is 12.5. The Bertz CT molecular complexity index is 1250. The molecule has 4 N–H and O–H groups in total. The Morgan fingerprint density at radius 2 is 1.69 bits per heavy atom. The number of rotatable bonds is 11. The summed E-state index contributed by atoms with van der Waals surface area (Å²) < 4.78 is 0. The first-order valence-corrected chi connectivity index (χ1v) is 12.5. The molecule has 1 radical (unpaired) electrons. The molecule has 1 aliphatic heterocycles. The first-order valence-electron chi connectivity index (χ1n) is 12.5. The number of hydrogen-bond donors (Lipinski definition) is 4. The molecular weight excluding hydrogens is 450 g/mol. The predicted molar refractivity (Wildman–Crippen MR) is 145 cm³/mol. The van der Waals surface area contributed by atoms with Gasteiger partial charge in [-0.3, -0.25) is 4.79 Å². The van der Waals surface area contributed by atoms with E-state index in [1.165, 1.54) is 5.39 Å². The van der Waals surface area contributed by atoms with Crippen molar-refractivity contribution in [2.75, 3.05) is 7.05 Å². The molecule has 3 aromatic rings. The van der Waals surface area contributed by atoms with Crippen molar-refractivity contribution < 1.29 is 9.59 Å². The number of carbonyl (C=O) groups is 2. The van der Waals surface area contributed by atoms with Gasteiger partial charge in [0.05, 0.1) is 0 Å². The van der Waals surface area contributed by atoms with E-state index in [9.17, 15) is 9.59 Å². The van der Waals surface area contributed by atoms with E-state index in [0.717, 1.165) is 53.7 Å². The minimum Gasteiger partial charge on any atom is -0.359 e. The number of amides is 3. The molecule has 1 aliphatic rings. The number of nitrogens with one attached hydrogen (secondary N) is 4. The third kappa shape index (κ3) is 6.95. The molecule has 1 atom stereocenters. The highest BCUT2D eigenvalue weighted by molar-refractivity contribution is 6.00. The highest BCUT2D eigenvalue weighted by atomic mass is 16.2. The van der Waals surface area contributed by atoms with Crippen LogP contribution in [0.2, 0.25) is 0 Å². The molecule has 0 aliphatic carbocycles. The lowest BCUT2D eigenvalue weighted by Crippen LogP contribution is -2.49. The van der Waals surface area contributed by atoms with E-state index in [1.54, 1.807) is 7.05 Å². The van der Waals surface area contributed by atoms with Gasteiger partial charge in [-0.1, -0.05) is 73.5 Å². The maximum absolute atomic E-state index is 12.7. The Morgan fingerprint density at radius 1 is 0.917 bits per heavy atom. The maximum Gasteiger partial charge on any atom is 0.319 e. The van der Waals surface area contributed by atoms with Crippen LogP contribution in [-0.4, -0.2) is 30.9 Å². The fourth-order valence-corrected chi connectivity index (χ4v) is 4.22. The summed E-state index contributed by atoms with van der Waals surface area (Å²) in [6.45, 7) is 0.450. The molecule has 7 nitrogen and oxygen atoms in total. The van der Waals surface area contributed by atoms with Crippen molar-refractivity contribution in [3.8, 4) is 0 Å². The largest absolute Gasteiger partial charge is 0.359 e. The SMILES string of the molecule is CNC(=O)CCCCC[C@H](NC(=O)NCc1ccccc1)C1=[N+]C=C(c2ccc3ccccc3c2)N1. The van der Waals surface area contributed by atoms with Gasteiger partial charge in [0.1, 0.15) is 6.04 Å². The molecule has 0 bridgehead atoms. The molecule has 0 aromatic heterocycles. The number of urea groups is 1. The first kappa shape index (κ1) is 25.0. The van der Waals surface area contributed by atoms with Crippen molar-refractivity contribution in [3.05, 3.63) is 90.1 Å². The van der Waals surface area contributed by atoms with E-state index in [-0.39, 0.29) is 18.0 Å². The van der Waals surface area contributed by atoms with Crippen molar-refractivity contribution in [2.24, 2.45) is 0 Å². The average Bonchev–Trinajstić information content (AvgIpc) is 3.41. The van der Waals surface area contributed by atoms with Crippen LogP contribution in [0.4, 0.5) is 4.79 Å². The van der Waals surface area contributed by atoms with Crippen molar-refractivity contribution >= 4 is 34.2 Å². The molecule has 3 aromatic carbocycles. The Hall–Kier alpha value is -4.13. The van der Waals surface area contributed by atoms with Crippen LogP contribution >= 0.6 is 0 Å². The molecule has 4 rings (SSSR count). The van der Waals surface area contributed by atoms with Gasteiger partial charge in [0.15, 0.2) is 11.9 Å². The number of fused-ring (bicyclic) bond motifs is 1. The highest BCUT2D eigenvalue weighted by Gasteiger charge is 2.31. The molecule has 0 spiro atoms. The van der Waals surface area contributed by atoms with Crippen LogP contribution in [0.25, 0.3) is 16.5 Å². The molecule has 0 saturated heterocycles. The lowest BCUT2D eigenvalue weighted by molar-refractivity contribution is -0.120. The molecule has 7 heteroatoms.